The summed E-state index contributed by atoms with van der Waals surface area (Å²) in [5.41, 5.74) is -0.197. The molecule has 9 nitrogen and oxygen atoms in total. The van der Waals surface area contributed by atoms with Crippen molar-refractivity contribution in [1.29, 1.82) is 0 Å². The third-order valence-corrected chi connectivity index (χ3v) is 9.22. The molecule has 3 aliphatic rings. The zero-order valence-corrected chi connectivity index (χ0v) is 20.8. The van der Waals surface area contributed by atoms with E-state index in [4.69, 9.17) is 4.74 Å². The number of rotatable bonds is 5. The number of carbonyl (C=O) groups is 1. The smallest absolute Gasteiger partial charge is 0.417 e. The van der Waals surface area contributed by atoms with Gasteiger partial charge < -0.3 is 20.3 Å². The third-order valence-electron chi connectivity index (χ3n) is 7.30. The number of carbonyl (C=O) groups excluding carboxylic acids is 1. The minimum Gasteiger partial charge on any atom is -0.447 e. The number of cyclic esters (lactones) is 1. The molecular weight excluding hydrogens is 511 g/mol. The Hall–Kier alpha value is -3.06. The number of halogens is 3. The van der Waals surface area contributed by atoms with Gasteiger partial charge in [0, 0.05) is 44.1 Å². The molecule has 2 N–H and O–H groups in total. The Balaban J connectivity index is 1.14. The topological polar surface area (TPSA) is 104 Å². The van der Waals surface area contributed by atoms with Crippen molar-refractivity contribution in [3.05, 3.63) is 48.2 Å². The van der Waals surface area contributed by atoms with Crippen LogP contribution in [-0.4, -0.2) is 68.2 Å². The lowest BCUT2D eigenvalue weighted by Crippen LogP contribution is -2.52. The molecule has 200 valence electrons. The summed E-state index contributed by atoms with van der Waals surface area (Å²) in [5.74, 6) is 0.330. The van der Waals surface area contributed by atoms with Gasteiger partial charge in [-0.25, -0.2) is 18.2 Å². The standard InChI is InChI=1S/C24H28F3N5O4S/c25-24(26,27)17-1-6-21(28-15-17)29-18-7-11-32(12-8-18)37(34,35)20-4-2-19(3-5-20)31-13-9-23(10-14-31)16-36-22(33)30-23/h1-6,15,18H,7-14,16H2,(H,28,29)(H,30,33). The average molecular weight is 540 g/mol. The maximum atomic E-state index is 13.2. The quantitative estimate of drug-likeness (QED) is 0.600. The number of alkyl carbamates (subject to hydrolysis) is 1. The van der Waals surface area contributed by atoms with Crippen LogP contribution in [0, 0.1) is 0 Å². The van der Waals surface area contributed by atoms with Crippen LogP contribution in [-0.2, 0) is 20.9 Å². The minimum absolute atomic E-state index is 0.0875. The van der Waals surface area contributed by atoms with Crippen LogP contribution in [0.2, 0.25) is 0 Å². The van der Waals surface area contributed by atoms with Gasteiger partial charge in [0.05, 0.1) is 16.0 Å². The van der Waals surface area contributed by atoms with Crippen molar-refractivity contribution < 1.29 is 31.1 Å². The van der Waals surface area contributed by atoms with E-state index in [9.17, 15) is 26.4 Å². The van der Waals surface area contributed by atoms with E-state index >= 15 is 0 Å². The largest absolute Gasteiger partial charge is 0.447 e. The Bertz CT molecular complexity index is 1220. The molecule has 1 spiro atoms. The molecule has 2 aromatic rings. The molecule has 1 aromatic carbocycles. The van der Waals surface area contributed by atoms with Gasteiger partial charge in [-0.3, -0.25) is 0 Å². The van der Waals surface area contributed by atoms with Crippen molar-refractivity contribution in [3.63, 3.8) is 0 Å². The molecule has 0 atom stereocenters. The number of hydrogen-bond acceptors (Lipinski definition) is 7. The van der Waals surface area contributed by atoms with Crippen molar-refractivity contribution in [1.82, 2.24) is 14.6 Å². The normalized spacial score (nSPS) is 21.1. The van der Waals surface area contributed by atoms with E-state index in [1.807, 2.05) is 0 Å². The number of amides is 1. The maximum Gasteiger partial charge on any atom is 0.417 e. The Morgan fingerprint density at radius 1 is 1.03 bits per heavy atom. The molecular formula is C24H28F3N5O4S. The van der Waals surface area contributed by atoms with Crippen LogP contribution in [0.1, 0.15) is 31.2 Å². The highest BCUT2D eigenvalue weighted by molar-refractivity contribution is 7.89. The van der Waals surface area contributed by atoms with Crippen LogP contribution < -0.4 is 15.5 Å². The number of hydrogen-bond donors (Lipinski definition) is 2. The minimum atomic E-state index is -4.44. The Morgan fingerprint density at radius 3 is 2.24 bits per heavy atom. The van der Waals surface area contributed by atoms with Crippen molar-refractivity contribution >= 4 is 27.6 Å². The Kier molecular flexibility index (Phi) is 6.69. The molecule has 3 saturated heterocycles. The molecule has 1 amide bonds. The lowest BCUT2D eigenvalue weighted by atomic mass is 9.89. The molecule has 0 unspecified atom stereocenters. The number of nitrogens with one attached hydrogen (secondary N) is 2. The van der Waals surface area contributed by atoms with Gasteiger partial charge in [0.25, 0.3) is 0 Å². The monoisotopic (exact) mass is 539 g/mol. The first-order chi connectivity index (χ1) is 17.5. The summed E-state index contributed by atoms with van der Waals surface area (Å²) in [5, 5.41) is 6.01. The number of nitrogens with zero attached hydrogens (tertiary/aromatic N) is 3. The number of aromatic nitrogens is 1. The highest BCUT2D eigenvalue weighted by Crippen LogP contribution is 2.31. The fourth-order valence-corrected chi connectivity index (χ4v) is 6.50. The molecule has 0 bridgehead atoms. The zero-order valence-electron chi connectivity index (χ0n) is 20.0. The van der Waals surface area contributed by atoms with E-state index in [0.29, 0.717) is 38.4 Å². The van der Waals surface area contributed by atoms with E-state index in [0.717, 1.165) is 43.9 Å². The molecule has 37 heavy (non-hydrogen) atoms. The van der Waals surface area contributed by atoms with Crippen molar-refractivity contribution in [2.75, 3.05) is 43.0 Å². The zero-order chi connectivity index (χ0) is 26.3. The van der Waals surface area contributed by atoms with E-state index in [1.54, 1.807) is 24.3 Å². The number of sulfonamides is 1. The van der Waals surface area contributed by atoms with Crippen LogP contribution in [0.5, 0.6) is 0 Å². The number of piperidine rings is 2. The fraction of sp³-hybridized carbons (Fsp3) is 0.500. The van der Waals surface area contributed by atoms with Crippen molar-refractivity contribution in [2.24, 2.45) is 0 Å². The van der Waals surface area contributed by atoms with E-state index < -0.39 is 21.8 Å². The molecule has 3 aliphatic heterocycles. The number of alkyl halides is 3. The van der Waals surface area contributed by atoms with Crippen LogP contribution in [0.25, 0.3) is 0 Å². The molecule has 4 heterocycles. The summed E-state index contributed by atoms with van der Waals surface area (Å²) in [6.07, 6.45) is -1.50. The van der Waals surface area contributed by atoms with Gasteiger partial charge in [-0.1, -0.05) is 0 Å². The van der Waals surface area contributed by atoms with Gasteiger partial charge in [0.15, 0.2) is 0 Å². The van der Waals surface area contributed by atoms with Gasteiger partial charge in [0.1, 0.15) is 12.4 Å². The Morgan fingerprint density at radius 2 is 1.70 bits per heavy atom. The van der Waals surface area contributed by atoms with Gasteiger partial charge >= 0.3 is 12.3 Å². The molecule has 0 radical (unpaired) electrons. The second kappa shape index (κ2) is 9.67. The van der Waals surface area contributed by atoms with Gasteiger partial charge in [-0.15, -0.1) is 0 Å². The van der Waals surface area contributed by atoms with Gasteiger partial charge in [0.2, 0.25) is 10.0 Å². The van der Waals surface area contributed by atoms with Crippen LogP contribution in [0.3, 0.4) is 0 Å². The SMILES string of the molecule is O=C1NC2(CCN(c3ccc(S(=O)(=O)N4CCC(Nc5ccc(C(F)(F)F)cn5)CC4)cc3)CC2)CO1. The molecule has 13 heteroatoms. The van der Waals surface area contributed by atoms with Crippen LogP contribution in [0.4, 0.5) is 29.5 Å². The number of benzene rings is 1. The number of ether oxygens (including phenoxy) is 1. The second-order valence-electron chi connectivity index (χ2n) is 9.71. The molecule has 3 fully saturated rings. The number of pyridine rings is 1. The predicted molar refractivity (Wildman–Crippen MR) is 130 cm³/mol. The summed E-state index contributed by atoms with van der Waals surface area (Å²) in [6, 6.07) is 9.01. The molecule has 0 saturated carbocycles. The summed E-state index contributed by atoms with van der Waals surface area (Å²) in [7, 11) is -3.67. The number of anilines is 2. The molecule has 5 rings (SSSR count). The lowest BCUT2D eigenvalue weighted by molar-refractivity contribution is -0.137. The van der Waals surface area contributed by atoms with E-state index in [-0.39, 0.29) is 22.6 Å². The average Bonchev–Trinajstić information content (AvgIpc) is 3.24. The summed E-state index contributed by atoms with van der Waals surface area (Å²) in [4.78, 5) is 17.6. The third kappa shape index (κ3) is 5.47. The van der Waals surface area contributed by atoms with E-state index in [2.05, 4.69) is 20.5 Å². The molecule has 1 aromatic heterocycles. The maximum absolute atomic E-state index is 13.2. The highest BCUT2D eigenvalue weighted by Gasteiger charge is 2.42. The predicted octanol–water partition coefficient (Wildman–Crippen LogP) is 3.44. The summed E-state index contributed by atoms with van der Waals surface area (Å²) < 4.78 is 71.0. The van der Waals surface area contributed by atoms with E-state index in [1.165, 1.54) is 10.4 Å². The first-order valence-corrected chi connectivity index (χ1v) is 13.6. The van der Waals surface area contributed by atoms with Gasteiger partial charge in [-0.05, 0) is 62.1 Å². The Labute approximate surface area is 213 Å². The van der Waals surface area contributed by atoms with Gasteiger partial charge in [-0.2, -0.15) is 17.5 Å². The first-order valence-electron chi connectivity index (χ1n) is 12.1. The van der Waals surface area contributed by atoms with Crippen LogP contribution in [0.15, 0.2) is 47.5 Å². The second-order valence-corrected chi connectivity index (χ2v) is 11.7. The lowest BCUT2D eigenvalue weighted by Gasteiger charge is -2.38. The molecule has 0 aliphatic carbocycles. The van der Waals surface area contributed by atoms with Crippen molar-refractivity contribution in [3.8, 4) is 0 Å². The van der Waals surface area contributed by atoms with Crippen LogP contribution >= 0.6 is 0 Å². The summed E-state index contributed by atoms with van der Waals surface area (Å²) >= 11 is 0. The summed E-state index contributed by atoms with van der Waals surface area (Å²) in [6.45, 7) is 2.42. The first kappa shape index (κ1) is 25.6. The highest BCUT2D eigenvalue weighted by atomic mass is 32.2. The fourth-order valence-electron chi connectivity index (χ4n) is 5.03. The van der Waals surface area contributed by atoms with Crippen molar-refractivity contribution in [2.45, 2.75) is 48.3 Å².